The molecule has 0 saturated carbocycles. The zero-order valence-electron chi connectivity index (χ0n) is 23.4. The highest BCUT2D eigenvalue weighted by Crippen LogP contribution is 2.28. The molecule has 0 radical (unpaired) electrons. The summed E-state index contributed by atoms with van der Waals surface area (Å²) in [4.78, 5) is 37.7. The standard InChI is InChI=1S/C33H37N3O4/c1-4-40-31(38)20-15-24-9-8-12-28(21-24)34-33(39)32(23(2)3)27-16-13-25(14-17-27)22-36-30(37)19-18-29(35-36)26-10-6-5-7-11-26/h5-14,16-17,21,23,32H,4,15,18-20,22H2,1-3H3,(H,34,39). The quantitative estimate of drug-likeness (QED) is 0.299. The molecular weight excluding hydrogens is 502 g/mol. The van der Waals surface area contributed by atoms with Crippen molar-refractivity contribution in [2.45, 2.75) is 58.9 Å². The van der Waals surface area contributed by atoms with Gasteiger partial charge in [-0.05, 0) is 53.6 Å². The smallest absolute Gasteiger partial charge is 0.306 e. The number of carbonyl (C=O) groups is 3. The Kier molecular flexibility index (Phi) is 9.84. The zero-order valence-corrected chi connectivity index (χ0v) is 23.4. The van der Waals surface area contributed by atoms with E-state index in [1.165, 1.54) is 0 Å². The summed E-state index contributed by atoms with van der Waals surface area (Å²) in [7, 11) is 0. The van der Waals surface area contributed by atoms with Crippen LogP contribution in [0.25, 0.3) is 0 Å². The fourth-order valence-corrected chi connectivity index (χ4v) is 4.91. The fraction of sp³-hybridized carbons (Fsp3) is 0.333. The monoisotopic (exact) mass is 539 g/mol. The molecule has 4 rings (SSSR count). The van der Waals surface area contributed by atoms with Crippen molar-refractivity contribution in [2.75, 3.05) is 11.9 Å². The summed E-state index contributed by atoms with van der Waals surface area (Å²) in [5, 5.41) is 9.24. The van der Waals surface area contributed by atoms with Gasteiger partial charge >= 0.3 is 5.97 Å². The molecule has 0 bridgehead atoms. The highest BCUT2D eigenvalue weighted by atomic mass is 16.5. The molecule has 0 aromatic heterocycles. The van der Waals surface area contributed by atoms with Crippen molar-refractivity contribution in [3.8, 4) is 0 Å². The number of benzene rings is 3. The molecule has 7 heteroatoms. The first-order valence-corrected chi connectivity index (χ1v) is 13.9. The Morgan fingerprint density at radius 1 is 0.950 bits per heavy atom. The molecule has 1 atom stereocenters. The Hall–Kier alpha value is -4.26. The van der Waals surface area contributed by atoms with Gasteiger partial charge in [-0.2, -0.15) is 5.10 Å². The topological polar surface area (TPSA) is 88.1 Å². The lowest BCUT2D eigenvalue weighted by atomic mass is 9.87. The van der Waals surface area contributed by atoms with E-state index in [4.69, 9.17) is 4.74 Å². The summed E-state index contributed by atoms with van der Waals surface area (Å²) < 4.78 is 5.01. The van der Waals surface area contributed by atoms with Crippen molar-refractivity contribution >= 4 is 29.2 Å². The summed E-state index contributed by atoms with van der Waals surface area (Å²) in [6.07, 6.45) is 1.92. The van der Waals surface area contributed by atoms with E-state index in [9.17, 15) is 14.4 Å². The van der Waals surface area contributed by atoms with Gasteiger partial charge in [0.05, 0.1) is 24.8 Å². The van der Waals surface area contributed by atoms with Crippen LogP contribution in [0.1, 0.15) is 68.2 Å². The van der Waals surface area contributed by atoms with Gasteiger partial charge in [0.2, 0.25) is 11.8 Å². The minimum absolute atomic E-state index is 0.00711. The van der Waals surface area contributed by atoms with Crippen LogP contribution in [0.3, 0.4) is 0 Å². The molecule has 3 aromatic carbocycles. The third-order valence-electron chi connectivity index (χ3n) is 6.95. The lowest BCUT2D eigenvalue weighted by molar-refractivity contribution is -0.143. The molecule has 40 heavy (non-hydrogen) atoms. The summed E-state index contributed by atoms with van der Waals surface area (Å²) >= 11 is 0. The van der Waals surface area contributed by atoms with Crippen LogP contribution in [-0.4, -0.2) is 35.1 Å². The predicted molar refractivity (Wildman–Crippen MR) is 157 cm³/mol. The van der Waals surface area contributed by atoms with Crippen LogP contribution in [-0.2, 0) is 32.1 Å². The van der Waals surface area contributed by atoms with Gasteiger partial charge in [0.15, 0.2) is 0 Å². The molecule has 0 saturated heterocycles. The molecule has 7 nitrogen and oxygen atoms in total. The SMILES string of the molecule is CCOC(=O)CCc1cccc(NC(=O)C(c2ccc(CN3N=C(c4ccccc4)CCC3=O)cc2)C(C)C)c1. The number of aryl methyl sites for hydroxylation is 1. The number of nitrogens with one attached hydrogen (secondary N) is 1. The number of rotatable bonds is 11. The maximum absolute atomic E-state index is 13.4. The minimum atomic E-state index is -0.350. The van der Waals surface area contributed by atoms with Crippen molar-refractivity contribution in [1.29, 1.82) is 0 Å². The number of nitrogens with zero attached hydrogens (tertiary/aromatic N) is 2. The highest BCUT2D eigenvalue weighted by Gasteiger charge is 2.25. The van der Waals surface area contributed by atoms with Gasteiger partial charge in [0.25, 0.3) is 0 Å². The van der Waals surface area contributed by atoms with Crippen molar-refractivity contribution in [3.63, 3.8) is 0 Å². The molecule has 0 spiro atoms. The average Bonchev–Trinajstić information content (AvgIpc) is 2.95. The molecule has 0 fully saturated rings. The van der Waals surface area contributed by atoms with E-state index >= 15 is 0 Å². The Morgan fingerprint density at radius 3 is 2.40 bits per heavy atom. The van der Waals surface area contributed by atoms with Crippen LogP contribution in [0.2, 0.25) is 0 Å². The van der Waals surface area contributed by atoms with E-state index in [1.807, 2.05) is 92.7 Å². The Labute approximate surface area is 236 Å². The molecule has 1 N–H and O–H groups in total. The number of hydrazone groups is 1. The van der Waals surface area contributed by atoms with Gasteiger partial charge in [-0.3, -0.25) is 14.4 Å². The van der Waals surface area contributed by atoms with Crippen LogP contribution < -0.4 is 5.32 Å². The third-order valence-corrected chi connectivity index (χ3v) is 6.95. The normalized spacial score (nSPS) is 14.1. The van der Waals surface area contributed by atoms with Crippen molar-refractivity contribution in [2.24, 2.45) is 11.0 Å². The van der Waals surface area contributed by atoms with E-state index in [2.05, 4.69) is 10.4 Å². The number of esters is 1. The van der Waals surface area contributed by atoms with Gasteiger partial charge in [-0.25, -0.2) is 5.01 Å². The molecule has 3 aromatic rings. The van der Waals surface area contributed by atoms with Crippen LogP contribution in [0, 0.1) is 5.92 Å². The molecule has 1 heterocycles. The number of carbonyl (C=O) groups excluding carboxylic acids is 3. The van der Waals surface area contributed by atoms with Crippen LogP contribution in [0.15, 0.2) is 84.0 Å². The average molecular weight is 540 g/mol. The summed E-state index contributed by atoms with van der Waals surface area (Å²) in [5.41, 5.74) is 5.47. The number of hydrogen-bond acceptors (Lipinski definition) is 5. The van der Waals surface area contributed by atoms with Gasteiger partial charge in [0.1, 0.15) is 0 Å². The lowest BCUT2D eigenvalue weighted by Crippen LogP contribution is -2.31. The Balaban J connectivity index is 1.42. The first kappa shape index (κ1) is 28.7. The van der Waals surface area contributed by atoms with Crippen molar-refractivity contribution in [3.05, 3.63) is 101 Å². The van der Waals surface area contributed by atoms with Crippen molar-refractivity contribution in [1.82, 2.24) is 5.01 Å². The molecule has 0 aliphatic carbocycles. The number of anilines is 1. The van der Waals surface area contributed by atoms with Crippen molar-refractivity contribution < 1.29 is 19.1 Å². The number of hydrogen-bond donors (Lipinski definition) is 1. The second-order valence-corrected chi connectivity index (χ2v) is 10.3. The maximum Gasteiger partial charge on any atom is 0.306 e. The Morgan fingerprint density at radius 2 is 1.70 bits per heavy atom. The fourth-order valence-electron chi connectivity index (χ4n) is 4.91. The number of amides is 2. The van der Waals surface area contributed by atoms with Gasteiger partial charge in [0, 0.05) is 24.9 Å². The molecule has 1 unspecified atom stereocenters. The Bertz CT molecular complexity index is 1350. The van der Waals surface area contributed by atoms with Crippen LogP contribution in [0.4, 0.5) is 5.69 Å². The molecular formula is C33H37N3O4. The van der Waals surface area contributed by atoms with Gasteiger partial charge in [-0.1, -0.05) is 80.6 Å². The summed E-state index contributed by atoms with van der Waals surface area (Å²) in [5.74, 6) is -0.592. The molecule has 2 amide bonds. The molecule has 1 aliphatic rings. The lowest BCUT2D eigenvalue weighted by Gasteiger charge is -2.24. The first-order valence-electron chi connectivity index (χ1n) is 13.9. The predicted octanol–water partition coefficient (Wildman–Crippen LogP) is 6.09. The first-order chi connectivity index (χ1) is 19.3. The second kappa shape index (κ2) is 13.7. The third kappa shape index (κ3) is 7.65. The molecule has 208 valence electrons. The minimum Gasteiger partial charge on any atom is -0.466 e. The zero-order chi connectivity index (χ0) is 28.5. The molecule has 1 aliphatic heterocycles. The number of ether oxygens (including phenoxy) is 1. The van der Waals surface area contributed by atoms with E-state index < -0.39 is 0 Å². The largest absolute Gasteiger partial charge is 0.466 e. The van der Waals surface area contributed by atoms with Crippen LogP contribution >= 0.6 is 0 Å². The second-order valence-electron chi connectivity index (χ2n) is 10.3. The highest BCUT2D eigenvalue weighted by molar-refractivity contribution is 6.04. The van der Waals surface area contributed by atoms with Crippen LogP contribution in [0.5, 0.6) is 0 Å². The van der Waals surface area contributed by atoms with Gasteiger partial charge < -0.3 is 10.1 Å². The van der Waals surface area contributed by atoms with E-state index in [-0.39, 0.29) is 29.6 Å². The van der Waals surface area contributed by atoms with E-state index in [0.717, 1.165) is 28.0 Å². The summed E-state index contributed by atoms with van der Waals surface area (Å²) in [6.45, 7) is 6.59. The van der Waals surface area contributed by atoms with Gasteiger partial charge in [-0.15, -0.1) is 0 Å². The summed E-state index contributed by atoms with van der Waals surface area (Å²) in [6, 6.07) is 25.4. The maximum atomic E-state index is 13.4. The van der Waals surface area contributed by atoms with E-state index in [1.54, 1.807) is 11.9 Å². The van der Waals surface area contributed by atoms with E-state index in [0.29, 0.717) is 44.5 Å².